The monoisotopic (exact) mass is 170 g/mol. The zero-order valence-electron chi connectivity index (χ0n) is 6.78. The number of carbonyl (C=O) groups is 2. The molecule has 1 amide bonds. The van der Waals surface area contributed by atoms with Crippen molar-refractivity contribution in [1.29, 1.82) is 0 Å². The largest absolute Gasteiger partial charge is 0.481 e. The van der Waals surface area contributed by atoms with E-state index in [2.05, 4.69) is 5.10 Å². The molecule has 5 nitrogen and oxygen atoms in total. The van der Waals surface area contributed by atoms with Crippen molar-refractivity contribution in [1.82, 2.24) is 5.01 Å². The van der Waals surface area contributed by atoms with Crippen molar-refractivity contribution < 1.29 is 14.7 Å². The Balaban J connectivity index is 2.40. The lowest BCUT2D eigenvalue weighted by Crippen LogP contribution is -2.14. The average Bonchev–Trinajstić information content (AvgIpc) is 2.28. The highest BCUT2D eigenvalue weighted by Crippen LogP contribution is 2.09. The van der Waals surface area contributed by atoms with Gasteiger partial charge < -0.3 is 5.11 Å². The quantitative estimate of drug-likeness (QED) is 0.651. The SMILES string of the molecule is CN1N=C(CCC(=O)O)CC1=O. The number of carbonyl (C=O) groups excluding carboxylic acids is 1. The molecule has 66 valence electrons. The lowest BCUT2D eigenvalue weighted by Gasteiger charge is -1.98. The molecule has 0 unspecified atom stereocenters. The number of hydrogen-bond donors (Lipinski definition) is 1. The van der Waals surface area contributed by atoms with Crippen molar-refractivity contribution >= 4 is 17.6 Å². The number of carboxylic acid groups (broad SMARTS) is 1. The standard InChI is InChI=1S/C7H10N2O3/c1-9-6(10)4-5(8-9)2-3-7(11)12/h2-4H2,1H3,(H,11,12). The summed E-state index contributed by atoms with van der Waals surface area (Å²) in [5.41, 5.74) is 0.657. The van der Waals surface area contributed by atoms with Crippen LogP contribution < -0.4 is 0 Å². The van der Waals surface area contributed by atoms with Gasteiger partial charge in [-0.05, 0) is 6.42 Å². The van der Waals surface area contributed by atoms with Gasteiger partial charge in [0.15, 0.2) is 0 Å². The van der Waals surface area contributed by atoms with E-state index in [0.717, 1.165) is 0 Å². The molecule has 1 aliphatic heterocycles. The predicted octanol–water partition coefficient (Wildman–Crippen LogP) is 0.0693. The number of hydrogen-bond acceptors (Lipinski definition) is 3. The van der Waals surface area contributed by atoms with Crippen LogP contribution in [0.4, 0.5) is 0 Å². The van der Waals surface area contributed by atoms with Crippen LogP contribution in [0.5, 0.6) is 0 Å². The summed E-state index contributed by atoms with van der Waals surface area (Å²) in [4.78, 5) is 21.1. The summed E-state index contributed by atoms with van der Waals surface area (Å²) in [6.07, 6.45) is 0.676. The van der Waals surface area contributed by atoms with Crippen molar-refractivity contribution in [2.24, 2.45) is 5.10 Å². The predicted molar refractivity (Wildman–Crippen MR) is 41.7 cm³/mol. The number of carboxylic acids is 1. The van der Waals surface area contributed by atoms with E-state index in [9.17, 15) is 9.59 Å². The summed E-state index contributed by atoms with van der Waals surface area (Å²) >= 11 is 0. The van der Waals surface area contributed by atoms with Gasteiger partial charge in [-0.2, -0.15) is 5.10 Å². The van der Waals surface area contributed by atoms with Gasteiger partial charge in [-0.15, -0.1) is 0 Å². The minimum absolute atomic E-state index is 0.0416. The van der Waals surface area contributed by atoms with E-state index in [-0.39, 0.29) is 18.7 Å². The molecule has 0 atom stereocenters. The molecule has 0 saturated heterocycles. The van der Waals surface area contributed by atoms with Crippen LogP contribution in [0, 0.1) is 0 Å². The van der Waals surface area contributed by atoms with Crippen molar-refractivity contribution in [3.05, 3.63) is 0 Å². The number of amides is 1. The zero-order chi connectivity index (χ0) is 9.14. The van der Waals surface area contributed by atoms with Crippen LogP contribution in [0.2, 0.25) is 0 Å². The van der Waals surface area contributed by atoms with Crippen LogP contribution in [0.3, 0.4) is 0 Å². The summed E-state index contributed by atoms with van der Waals surface area (Å²) in [7, 11) is 1.57. The van der Waals surface area contributed by atoms with Gasteiger partial charge in [-0.3, -0.25) is 9.59 Å². The van der Waals surface area contributed by atoms with E-state index in [0.29, 0.717) is 12.1 Å². The first-order chi connectivity index (χ1) is 5.59. The highest BCUT2D eigenvalue weighted by atomic mass is 16.4. The molecule has 1 rings (SSSR count). The maximum atomic E-state index is 10.9. The third-order valence-electron chi connectivity index (χ3n) is 1.64. The second-order valence-electron chi connectivity index (χ2n) is 2.65. The number of rotatable bonds is 3. The van der Waals surface area contributed by atoms with E-state index in [1.165, 1.54) is 5.01 Å². The van der Waals surface area contributed by atoms with Crippen LogP contribution in [0.25, 0.3) is 0 Å². The molecule has 0 saturated carbocycles. The molecule has 0 aromatic rings. The molecular formula is C7H10N2O3. The number of hydrazone groups is 1. The third-order valence-corrected chi connectivity index (χ3v) is 1.64. The molecule has 0 aromatic heterocycles. The van der Waals surface area contributed by atoms with E-state index < -0.39 is 5.97 Å². The Morgan fingerprint density at radius 2 is 2.42 bits per heavy atom. The smallest absolute Gasteiger partial charge is 0.303 e. The second kappa shape index (κ2) is 3.34. The molecule has 0 aromatic carbocycles. The Hall–Kier alpha value is -1.39. The summed E-state index contributed by atoms with van der Waals surface area (Å²) in [6.45, 7) is 0. The molecule has 0 aliphatic carbocycles. The number of nitrogens with zero attached hydrogens (tertiary/aromatic N) is 2. The van der Waals surface area contributed by atoms with Gasteiger partial charge in [0.25, 0.3) is 0 Å². The lowest BCUT2D eigenvalue weighted by atomic mass is 10.1. The van der Waals surface area contributed by atoms with Crippen molar-refractivity contribution in [3.63, 3.8) is 0 Å². The van der Waals surface area contributed by atoms with E-state index in [4.69, 9.17) is 5.11 Å². The maximum absolute atomic E-state index is 10.9. The molecule has 1 N–H and O–H groups in total. The van der Waals surface area contributed by atoms with Gasteiger partial charge in [0, 0.05) is 12.8 Å². The van der Waals surface area contributed by atoms with Gasteiger partial charge in [0.2, 0.25) is 5.91 Å². The Labute approximate surface area is 69.7 Å². The van der Waals surface area contributed by atoms with E-state index in [1.54, 1.807) is 7.05 Å². The fourth-order valence-electron chi connectivity index (χ4n) is 0.982. The maximum Gasteiger partial charge on any atom is 0.303 e. The van der Waals surface area contributed by atoms with Crippen molar-refractivity contribution in [3.8, 4) is 0 Å². The molecule has 5 heteroatoms. The highest BCUT2D eigenvalue weighted by Gasteiger charge is 2.20. The van der Waals surface area contributed by atoms with Crippen LogP contribution in [0.1, 0.15) is 19.3 Å². The van der Waals surface area contributed by atoms with Gasteiger partial charge in [0.05, 0.1) is 12.8 Å². The van der Waals surface area contributed by atoms with Gasteiger partial charge >= 0.3 is 5.97 Å². The fourth-order valence-corrected chi connectivity index (χ4v) is 0.982. The molecule has 12 heavy (non-hydrogen) atoms. The Kier molecular flexibility index (Phi) is 2.42. The normalized spacial score (nSPS) is 16.6. The van der Waals surface area contributed by atoms with E-state index >= 15 is 0 Å². The van der Waals surface area contributed by atoms with Crippen LogP contribution >= 0.6 is 0 Å². The molecule has 0 spiro atoms. The summed E-state index contributed by atoms with van der Waals surface area (Å²) in [5, 5.41) is 13.5. The molecule has 0 bridgehead atoms. The fraction of sp³-hybridized carbons (Fsp3) is 0.571. The average molecular weight is 170 g/mol. The van der Waals surface area contributed by atoms with Crippen molar-refractivity contribution in [2.75, 3.05) is 7.05 Å². The third kappa shape index (κ3) is 2.05. The Bertz CT molecular complexity index is 247. The highest BCUT2D eigenvalue weighted by molar-refractivity contribution is 6.05. The van der Waals surface area contributed by atoms with Crippen LogP contribution in [-0.4, -0.2) is 34.8 Å². The lowest BCUT2D eigenvalue weighted by molar-refractivity contribution is -0.136. The van der Waals surface area contributed by atoms with Gasteiger partial charge in [-0.25, -0.2) is 5.01 Å². The summed E-state index contributed by atoms with van der Waals surface area (Å²) < 4.78 is 0. The van der Waals surface area contributed by atoms with Crippen molar-refractivity contribution in [2.45, 2.75) is 19.3 Å². The topological polar surface area (TPSA) is 70.0 Å². The molecule has 1 aliphatic rings. The molecule has 1 heterocycles. The van der Waals surface area contributed by atoms with Crippen LogP contribution in [-0.2, 0) is 9.59 Å². The van der Waals surface area contributed by atoms with Crippen LogP contribution in [0.15, 0.2) is 5.10 Å². The van der Waals surface area contributed by atoms with E-state index in [1.807, 2.05) is 0 Å². The number of aliphatic carboxylic acids is 1. The first kappa shape index (κ1) is 8.70. The zero-order valence-corrected chi connectivity index (χ0v) is 6.78. The van der Waals surface area contributed by atoms with Gasteiger partial charge in [0.1, 0.15) is 0 Å². The summed E-state index contributed by atoms with van der Waals surface area (Å²) in [6, 6.07) is 0. The minimum Gasteiger partial charge on any atom is -0.481 e. The second-order valence-corrected chi connectivity index (χ2v) is 2.65. The van der Waals surface area contributed by atoms with Gasteiger partial charge in [-0.1, -0.05) is 0 Å². The Morgan fingerprint density at radius 1 is 1.75 bits per heavy atom. The summed E-state index contributed by atoms with van der Waals surface area (Å²) in [5.74, 6) is -0.935. The Morgan fingerprint density at radius 3 is 2.83 bits per heavy atom. The molecule has 0 radical (unpaired) electrons. The first-order valence-corrected chi connectivity index (χ1v) is 3.64. The molecular weight excluding hydrogens is 160 g/mol. The minimum atomic E-state index is -0.861. The molecule has 0 fully saturated rings. The first-order valence-electron chi connectivity index (χ1n) is 3.64.